The Bertz CT molecular complexity index is 806. The summed E-state index contributed by atoms with van der Waals surface area (Å²) < 4.78 is 2.01. The van der Waals surface area contributed by atoms with E-state index in [-0.39, 0.29) is 5.91 Å². The Morgan fingerprint density at radius 2 is 1.96 bits per heavy atom. The van der Waals surface area contributed by atoms with Crippen molar-refractivity contribution in [1.82, 2.24) is 19.6 Å². The van der Waals surface area contributed by atoms with Crippen LogP contribution in [0.25, 0.3) is 5.69 Å². The van der Waals surface area contributed by atoms with E-state index in [1.54, 1.807) is 0 Å². The van der Waals surface area contributed by atoms with Crippen LogP contribution in [-0.2, 0) is 12.8 Å². The maximum Gasteiger partial charge on any atom is 0.274 e. The number of fused-ring (bicyclic) bond motifs is 1. The van der Waals surface area contributed by atoms with E-state index in [4.69, 9.17) is 5.10 Å². The highest BCUT2D eigenvalue weighted by Crippen LogP contribution is 2.30. The van der Waals surface area contributed by atoms with Gasteiger partial charge in [-0.3, -0.25) is 4.79 Å². The fourth-order valence-electron chi connectivity index (χ4n) is 4.36. The Morgan fingerprint density at radius 1 is 1.19 bits per heavy atom. The summed E-state index contributed by atoms with van der Waals surface area (Å²) in [6.07, 6.45) is 5.26. The summed E-state index contributed by atoms with van der Waals surface area (Å²) in [5.74, 6) is 0.123. The molecule has 26 heavy (non-hydrogen) atoms. The van der Waals surface area contributed by atoms with Gasteiger partial charge in [-0.1, -0.05) is 17.7 Å². The number of benzene rings is 1. The van der Waals surface area contributed by atoms with Crippen molar-refractivity contribution in [1.29, 1.82) is 0 Å². The maximum atomic E-state index is 13.3. The lowest BCUT2D eigenvalue weighted by molar-refractivity contribution is 0.0709. The largest absolute Gasteiger partial charge is 0.333 e. The third-order valence-corrected chi connectivity index (χ3v) is 5.63. The van der Waals surface area contributed by atoms with Crippen molar-refractivity contribution in [2.45, 2.75) is 45.1 Å². The number of carbonyl (C=O) groups excluding carboxylic acids is 1. The van der Waals surface area contributed by atoms with Crippen LogP contribution in [0.3, 0.4) is 0 Å². The van der Waals surface area contributed by atoms with Gasteiger partial charge in [0, 0.05) is 30.4 Å². The number of rotatable bonds is 4. The van der Waals surface area contributed by atoms with Crippen LogP contribution in [0.1, 0.15) is 46.6 Å². The minimum Gasteiger partial charge on any atom is -0.333 e. The minimum atomic E-state index is 0.123. The molecule has 1 atom stereocenters. The predicted octanol–water partition coefficient (Wildman–Crippen LogP) is 2.84. The molecule has 1 aliphatic carbocycles. The Labute approximate surface area is 155 Å². The van der Waals surface area contributed by atoms with Gasteiger partial charge in [-0.05, 0) is 65.3 Å². The number of hydrogen-bond donors (Lipinski definition) is 0. The number of aryl methyl sites for hydroxylation is 1. The summed E-state index contributed by atoms with van der Waals surface area (Å²) in [6.45, 7) is 3.86. The second-order valence-corrected chi connectivity index (χ2v) is 7.93. The van der Waals surface area contributed by atoms with E-state index in [0.29, 0.717) is 11.7 Å². The highest BCUT2D eigenvalue weighted by atomic mass is 16.2. The van der Waals surface area contributed by atoms with Gasteiger partial charge < -0.3 is 9.80 Å². The van der Waals surface area contributed by atoms with Crippen LogP contribution in [0, 0.1) is 6.92 Å². The Hall–Kier alpha value is -2.14. The zero-order chi connectivity index (χ0) is 18.3. The number of amides is 1. The van der Waals surface area contributed by atoms with Gasteiger partial charge in [0.25, 0.3) is 5.91 Å². The lowest BCUT2D eigenvalue weighted by Crippen LogP contribution is -2.41. The first kappa shape index (κ1) is 17.3. The number of aromatic nitrogens is 2. The summed E-state index contributed by atoms with van der Waals surface area (Å²) in [5.41, 5.74) is 5.37. The SMILES string of the molecule is Cc1ccc(-n2nc(C(=O)N3CCC[C@@H]3CN(C)C)c3c2CCC3)cc1. The topological polar surface area (TPSA) is 41.4 Å². The Balaban J connectivity index is 1.68. The molecule has 1 fully saturated rings. The van der Waals surface area contributed by atoms with Gasteiger partial charge >= 0.3 is 0 Å². The third kappa shape index (κ3) is 3.05. The molecule has 1 amide bonds. The minimum absolute atomic E-state index is 0.123. The monoisotopic (exact) mass is 352 g/mol. The second kappa shape index (κ2) is 6.88. The van der Waals surface area contributed by atoms with Crippen LogP contribution in [0.15, 0.2) is 24.3 Å². The van der Waals surface area contributed by atoms with E-state index in [2.05, 4.69) is 55.1 Å². The van der Waals surface area contributed by atoms with Gasteiger partial charge in [0.05, 0.1) is 5.69 Å². The molecule has 2 aliphatic rings. The summed E-state index contributed by atoms with van der Waals surface area (Å²) in [5, 5.41) is 4.80. The molecule has 1 aliphatic heterocycles. The van der Waals surface area contributed by atoms with Crippen LogP contribution in [0.5, 0.6) is 0 Å². The summed E-state index contributed by atoms with van der Waals surface area (Å²) in [7, 11) is 4.15. The lowest BCUT2D eigenvalue weighted by Gasteiger charge is -2.26. The fraction of sp³-hybridized carbons (Fsp3) is 0.524. The molecule has 4 rings (SSSR count). The molecule has 0 unspecified atom stereocenters. The normalized spacial score (nSPS) is 19.4. The summed E-state index contributed by atoms with van der Waals surface area (Å²) in [4.78, 5) is 17.6. The van der Waals surface area contributed by atoms with Crippen molar-refractivity contribution in [2.24, 2.45) is 0 Å². The molecule has 1 saturated heterocycles. The first-order valence-corrected chi connectivity index (χ1v) is 9.68. The Morgan fingerprint density at radius 3 is 2.69 bits per heavy atom. The fourth-order valence-corrected chi connectivity index (χ4v) is 4.36. The molecule has 5 heteroatoms. The highest BCUT2D eigenvalue weighted by Gasteiger charge is 2.34. The van der Waals surface area contributed by atoms with Gasteiger partial charge in [-0.2, -0.15) is 5.10 Å². The zero-order valence-corrected chi connectivity index (χ0v) is 16.0. The molecule has 2 heterocycles. The lowest BCUT2D eigenvalue weighted by atomic mass is 10.1. The van der Waals surface area contributed by atoms with Crippen molar-refractivity contribution < 1.29 is 4.79 Å². The standard InChI is InChI=1S/C21H28N4O/c1-15-9-11-16(12-10-15)25-19-8-4-7-18(19)20(22-25)21(26)24-13-5-6-17(24)14-23(2)3/h9-12,17H,4-8,13-14H2,1-3H3/t17-/m1/s1. The maximum absolute atomic E-state index is 13.3. The van der Waals surface area contributed by atoms with Crippen molar-refractivity contribution in [3.63, 3.8) is 0 Å². The number of likely N-dealkylation sites (N-methyl/N-ethyl adjacent to an activating group) is 1. The van der Waals surface area contributed by atoms with E-state index in [1.807, 2.05) is 4.68 Å². The molecule has 0 saturated carbocycles. The van der Waals surface area contributed by atoms with Crippen molar-refractivity contribution in [3.8, 4) is 5.69 Å². The third-order valence-electron chi connectivity index (χ3n) is 5.63. The van der Waals surface area contributed by atoms with Gasteiger partial charge in [-0.15, -0.1) is 0 Å². The van der Waals surface area contributed by atoms with Crippen molar-refractivity contribution in [2.75, 3.05) is 27.2 Å². The average molecular weight is 352 g/mol. The van der Waals surface area contributed by atoms with E-state index in [1.165, 1.54) is 16.8 Å². The van der Waals surface area contributed by atoms with Crippen LogP contribution < -0.4 is 0 Å². The van der Waals surface area contributed by atoms with Gasteiger partial charge in [0.1, 0.15) is 0 Å². The van der Waals surface area contributed by atoms with E-state index >= 15 is 0 Å². The molecule has 0 bridgehead atoms. The predicted molar refractivity (Wildman–Crippen MR) is 103 cm³/mol. The zero-order valence-electron chi connectivity index (χ0n) is 16.0. The molecule has 2 aromatic rings. The van der Waals surface area contributed by atoms with E-state index < -0.39 is 0 Å². The molecule has 138 valence electrons. The smallest absolute Gasteiger partial charge is 0.274 e. The molecule has 1 aromatic carbocycles. The van der Waals surface area contributed by atoms with Gasteiger partial charge in [0.2, 0.25) is 0 Å². The number of carbonyl (C=O) groups is 1. The number of likely N-dealkylation sites (tertiary alicyclic amines) is 1. The van der Waals surface area contributed by atoms with E-state index in [9.17, 15) is 4.79 Å². The number of hydrogen-bond acceptors (Lipinski definition) is 3. The average Bonchev–Trinajstić information content (AvgIpc) is 3.30. The molecule has 0 radical (unpaired) electrons. The Kier molecular flexibility index (Phi) is 4.57. The molecule has 1 aromatic heterocycles. The highest BCUT2D eigenvalue weighted by molar-refractivity contribution is 5.94. The summed E-state index contributed by atoms with van der Waals surface area (Å²) >= 11 is 0. The van der Waals surface area contributed by atoms with Crippen LogP contribution in [0.2, 0.25) is 0 Å². The molecule has 0 spiro atoms. The van der Waals surface area contributed by atoms with Gasteiger partial charge in [-0.25, -0.2) is 4.68 Å². The quantitative estimate of drug-likeness (QED) is 0.850. The second-order valence-electron chi connectivity index (χ2n) is 7.93. The molecular formula is C21H28N4O. The van der Waals surface area contributed by atoms with Crippen LogP contribution in [0.4, 0.5) is 0 Å². The van der Waals surface area contributed by atoms with Crippen LogP contribution in [-0.4, -0.2) is 58.7 Å². The summed E-state index contributed by atoms with van der Waals surface area (Å²) in [6, 6.07) is 8.71. The number of nitrogens with zero attached hydrogens (tertiary/aromatic N) is 4. The van der Waals surface area contributed by atoms with Gasteiger partial charge in [0.15, 0.2) is 5.69 Å². The first-order valence-electron chi connectivity index (χ1n) is 9.68. The molecular weight excluding hydrogens is 324 g/mol. The van der Waals surface area contributed by atoms with E-state index in [0.717, 1.165) is 50.9 Å². The first-order chi connectivity index (χ1) is 12.5. The molecule has 0 N–H and O–H groups in total. The van der Waals surface area contributed by atoms with Crippen LogP contribution >= 0.6 is 0 Å². The molecule has 5 nitrogen and oxygen atoms in total. The van der Waals surface area contributed by atoms with Crippen molar-refractivity contribution >= 4 is 5.91 Å². The van der Waals surface area contributed by atoms with Crippen molar-refractivity contribution in [3.05, 3.63) is 46.8 Å².